The summed E-state index contributed by atoms with van der Waals surface area (Å²) in [5.41, 5.74) is -2.30. The Bertz CT molecular complexity index is 522. The van der Waals surface area contributed by atoms with Gasteiger partial charge in [-0.2, -0.15) is 13.2 Å². The van der Waals surface area contributed by atoms with E-state index in [4.69, 9.17) is 0 Å². The van der Waals surface area contributed by atoms with Crippen LogP contribution in [-0.2, 0) is 6.18 Å². The van der Waals surface area contributed by atoms with Gasteiger partial charge < -0.3 is 10.0 Å². The first kappa shape index (κ1) is 15.8. The fourth-order valence-corrected chi connectivity index (χ4v) is 2.83. The highest BCUT2D eigenvalue weighted by molar-refractivity contribution is 5.95. The van der Waals surface area contributed by atoms with Gasteiger partial charge in [0.2, 0.25) is 0 Å². The van der Waals surface area contributed by atoms with Crippen LogP contribution in [0.5, 0.6) is 0 Å². The van der Waals surface area contributed by atoms with Crippen LogP contribution in [0.4, 0.5) is 13.2 Å². The molecule has 0 radical (unpaired) electrons. The van der Waals surface area contributed by atoms with Gasteiger partial charge in [0, 0.05) is 13.6 Å². The minimum atomic E-state index is -4.57. The first-order chi connectivity index (χ1) is 9.73. The van der Waals surface area contributed by atoms with Gasteiger partial charge in [0.1, 0.15) is 0 Å². The fraction of sp³-hybridized carbons (Fsp3) is 0.533. The molecule has 0 bridgehead atoms. The molecule has 6 heteroatoms. The maximum absolute atomic E-state index is 12.9. The van der Waals surface area contributed by atoms with Gasteiger partial charge in [-0.05, 0) is 25.0 Å². The molecule has 1 amide bonds. The van der Waals surface area contributed by atoms with Crippen LogP contribution in [0.1, 0.15) is 41.6 Å². The number of hydrogen-bond acceptors (Lipinski definition) is 2. The number of rotatable bonds is 3. The second-order valence-corrected chi connectivity index (χ2v) is 5.64. The Morgan fingerprint density at radius 2 is 1.86 bits per heavy atom. The molecule has 3 nitrogen and oxygen atoms in total. The number of carbonyl (C=O) groups excluding carboxylic acids is 1. The Morgan fingerprint density at radius 1 is 1.29 bits per heavy atom. The molecule has 1 aliphatic carbocycles. The standard InChI is InChI=1S/C15H18F3NO2/c1-19(10-14(21)8-4-5-9-14)13(20)11-6-2-3-7-12(11)15(16,17)18/h2-3,6-7,21H,4-5,8-10H2,1H3. The monoisotopic (exact) mass is 301 g/mol. The number of alkyl halides is 3. The van der Waals surface area contributed by atoms with Crippen LogP contribution in [0.3, 0.4) is 0 Å². The smallest absolute Gasteiger partial charge is 0.388 e. The first-order valence-corrected chi connectivity index (χ1v) is 6.87. The van der Waals surface area contributed by atoms with Crippen molar-refractivity contribution in [2.75, 3.05) is 13.6 Å². The molecule has 0 atom stereocenters. The number of aliphatic hydroxyl groups is 1. The summed E-state index contributed by atoms with van der Waals surface area (Å²) in [6, 6.07) is 4.72. The topological polar surface area (TPSA) is 40.5 Å². The van der Waals surface area contributed by atoms with Crippen LogP contribution in [-0.4, -0.2) is 35.1 Å². The lowest BCUT2D eigenvalue weighted by Gasteiger charge is -2.29. The van der Waals surface area contributed by atoms with E-state index in [1.54, 1.807) is 0 Å². The lowest BCUT2D eigenvalue weighted by atomic mass is 10.0. The Hall–Kier alpha value is -1.56. The highest BCUT2D eigenvalue weighted by Gasteiger charge is 2.37. The van der Waals surface area contributed by atoms with Crippen molar-refractivity contribution in [1.82, 2.24) is 4.90 Å². The predicted molar refractivity (Wildman–Crippen MR) is 71.8 cm³/mol. The van der Waals surface area contributed by atoms with Gasteiger partial charge in [-0.15, -0.1) is 0 Å². The Labute approximate surface area is 121 Å². The fourth-order valence-electron chi connectivity index (χ4n) is 2.83. The first-order valence-electron chi connectivity index (χ1n) is 6.87. The van der Waals surface area contributed by atoms with Gasteiger partial charge in [-0.25, -0.2) is 0 Å². The van der Waals surface area contributed by atoms with E-state index < -0.39 is 23.2 Å². The molecule has 1 aliphatic rings. The summed E-state index contributed by atoms with van der Waals surface area (Å²) in [6.07, 6.45) is -1.68. The van der Waals surface area contributed by atoms with Gasteiger partial charge in [0.05, 0.1) is 16.7 Å². The largest absolute Gasteiger partial charge is 0.417 e. The molecule has 21 heavy (non-hydrogen) atoms. The molecule has 1 saturated carbocycles. The number of likely N-dealkylation sites (N-methyl/N-ethyl adjacent to an activating group) is 1. The summed E-state index contributed by atoms with van der Waals surface area (Å²) in [5, 5.41) is 10.3. The van der Waals surface area contributed by atoms with E-state index in [0.29, 0.717) is 12.8 Å². The number of benzene rings is 1. The van der Waals surface area contributed by atoms with E-state index in [2.05, 4.69) is 0 Å². The molecule has 0 aliphatic heterocycles. The number of amides is 1. The van der Waals surface area contributed by atoms with Crippen molar-refractivity contribution in [3.8, 4) is 0 Å². The summed E-state index contributed by atoms with van der Waals surface area (Å²) in [4.78, 5) is 13.4. The van der Waals surface area contributed by atoms with Crippen molar-refractivity contribution in [3.63, 3.8) is 0 Å². The van der Waals surface area contributed by atoms with E-state index in [0.717, 1.165) is 18.9 Å². The summed E-state index contributed by atoms with van der Waals surface area (Å²) in [7, 11) is 1.42. The molecule has 1 aromatic carbocycles. The molecule has 0 aromatic heterocycles. The van der Waals surface area contributed by atoms with Crippen molar-refractivity contribution >= 4 is 5.91 Å². The van der Waals surface area contributed by atoms with E-state index in [9.17, 15) is 23.1 Å². The second kappa shape index (κ2) is 5.67. The Kier molecular flexibility index (Phi) is 4.27. The molecule has 116 valence electrons. The number of halogens is 3. The summed E-state index contributed by atoms with van der Waals surface area (Å²) in [6.45, 7) is 0.0536. The predicted octanol–water partition coefficient (Wildman–Crippen LogP) is 3.08. The summed E-state index contributed by atoms with van der Waals surface area (Å²) >= 11 is 0. The molecule has 0 saturated heterocycles. The van der Waals surface area contributed by atoms with Gasteiger partial charge >= 0.3 is 6.18 Å². The minimum absolute atomic E-state index is 0.0536. The van der Waals surface area contributed by atoms with Gasteiger partial charge in [0.25, 0.3) is 5.91 Å². The quantitative estimate of drug-likeness (QED) is 0.932. The number of carbonyl (C=O) groups is 1. The van der Waals surface area contributed by atoms with Crippen LogP contribution in [0.2, 0.25) is 0 Å². The number of nitrogens with zero attached hydrogens (tertiary/aromatic N) is 1. The average Bonchev–Trinajstić information content (AvgIpc) is 2.83. The molecule has 0 spiro atoms. The van der Waals surface area contributed by atoms with E-state index in [1.165, 1.54) is 30.1 Å². The third-order valence-electron chi connectivity index (χ3n) is 3.88. The molecular formula is C15H18F3NO2. The van der Waals surface area contributed by atoms with Crippen LogP contribution < -0.4 is 0 Å². The lowest BCUT2D eigenvalue weighted by Crippen LogP contribution is -2.42. The highest BCUT2D eigenvalue weighted by Crippen LogP contribution is 2.33. The molecule has 0 heterocycles. The van der Waals surface area contributed by atoms with E-state index in [1.807, 2.05) is 0 Å². The minimum Gasteiger partial charge on any atom is -0.388 e. The van der Waals surface area contributed by atoms with Crippen molar-refractivity contribution in [1.29, 1.82) is 0 Å². The van der Waals surface area contributed by atoms with E-state index >= 15 is 0 Å². The summed E-state index contributed by atoms with van der Waals surface area (Å²) < 4.78 is 38.8. The van der Waals surface area contributed by atoms with E-state index in [-0.39, 0.29) is 12.1 Å². The molecule has 2 rings (SSSR count). The van der Waals surface area contributed by atoms with Crippen molar-refractivity contribution in [3.05, 3.63) is 35.4 Å². The zero-order valence-corrected chi connectivity index (χ0v) is 11.8. The third kappa shape index (κ3) is 3.56. The van der Waals surface area contributed by atoms with Gasteiger partial charge in [-0.1, -0.05) is 25.0 Å². The third-order valence-corrected chi connectivity index (χ3v) is 3.88. The number of hydrogen-bond donors (Lipinski definition) is 1. The lowest BCUT2D eigenvalue weighted by molar-refractivity contribution is -0.138. The van der Waals surface area contributed by atoms with Gasteiger partial charge in [-0.3, -0.25) is 4.79 Å². The maximum Gasteiger partial charge on any atom is 0.417 e. The van der Waals surface area contributed by atoms with Crippen LogP contribution in [0.15, 0.2) is 24.3 Å². The second-order valence-electron chi connectivity index (χ2n) is 5.64. The Balaban J connectivity index is 2.20. The molecule has 0 unspecified atom stereocenters. The zero-order valence-electron chi connectivity index (χ0n) is 11.8. The molecular weight excluding hydrogens is 283 g/mol. The molecule has 1 fully saturated rings. The SMILES string of the molecule is CN(CC1(O)CCCC1)C(=O)c1ccccc1C(F)(F)F. The van der Waals surface area contributed by atoms with Gasteiger partial charge in [0.15, 0.2) is 0 Å². The normalized spacial score (nSPS) is 17.8. The average molecular weight is 301 g/mol. The molecule has 1 aromatic rings. The van der Waals surface area contributed by atoms with Crippen molar-refractivity contribution in [2.24, 2.45) is 0 Å². The zero-order chi connectivity index (χ0) is 15.7. The maximum atomic E-state index is 12.9. The highest BCUT2D eigenvalue weighted by atomic mass is 19.4. The summed E-state index contributed by atoms with van der Waals surface area (Å²) in [5.74, 6) is -0.719. The van der Waals surface area contributed by atoms with Crippen molar-refractivity contribution < 1.29 is 23.1 Å². The Morgan fingerprint density at radius 3 is 2.43 bits per heavy atom. The molecule has 1 N–H and O–H groups in total. The van der Waals surface area contributed by atoms with Crippen LogP contribution in [0, 0.1) is 0 Å². The van der Waals surface area contributed by atoms with Crippen molar-refractivity contribution in [2.45, 2.75) is 37.5 Å². The van der Waals surface area contributed by atoms with Crippen LogP contribution in [0.25, 0.3) is 0 Å². The van der Waals surface area contributed by atoms with Crippen LogP contribution >= 0.6 is 0 Å².